The first-order chi connectivity index (χ1) is 9.15. The quantitative estimate of drug-likeness (QED) is 0.906. The van der Waals surface area contributed by atoms with Crippen LogP contribution in [0.25, 0.3) is 0 Å². The van der Waals surface area contributed by atoms with E-state index in [9.17, 15) is 0 Å². The van der Waals surface area contributed by atoms with Gasteiger partial charge in [-0.05, 0) is 36.0 Å². The van der Waals surface area contributed by atoms with E-state index in [0.29, 0.717) is 24.7 Å². The largest absolute Gasteiger partial charge is 0.486 e. The highest BCUT2D eigenvalue weighted by Crippen LogP contribution is 2.37. The van der Waals surface area contributed by atoms with E-state index in [0.717, 1.165) is 18.0 Å². The van der Waals surface area contributed by atoms with Crippen molar-refractivity contribution >= 4 is 0 Å². The van der Waals surface area contributed by atoms with Crippen molar-refractivity contribution in [2.45, 2.75) is 45.7 Å². The summed E-state index contributed by atoms with van der Waals surface area (Å²) in [5.41, 5.74) is 1.69. The van der Waals surface area contributed by atoms with Crippen LogP contribution in [0.3, 0.4) is 0 Å². The van der Waals surface area contributed by atoms with E-state index in [-0.39, 0.29) is 0 Å². The number of hydrogen-bond donors (Lipinski definition) is 1. The lowest BCUT2D eigenvalue weighted by Gasteiger charge is -2.28. The average Bonchev–Trinajstić information content (AvgIpc) is 2.75. The van der Waals surface area contributed by atoms with Crippen molar-refractivity contribution < 1.29 is 9.47 Å². The van der Waals surface area contributed by atoms with Crippen molar-refractivity contribution in [3.63, 3.8) is 0 Å². The van der Waals surface area contributed by atoms with Crippen LogP contribution in [-0.2, 0) is 6.54 Å². The van der Waals surface area contributed by atoms with Crippen LogP contribution < -0.4 is 14.8 Å². The summed E-state index contributed by atoms with van der Waals surface area (Å²) >= 11 is 0. The van der Waals surface area contributed by atoms with Crippen LogP contribution in [0.1, 0.15) is 38.7 Å². The van der Waals surface area contributed by atoms with Crippen LogP contribution in [0.5, 0.6) is 11.5 Å². The van der Waals surface area contributed by atoms with Crippen molar-refractivity contribution in [3.05, 3.63) is 23.8 Å². The maximum Gasteiger partial charge on any atom is 0.161 e. The lowest BCUT2D eigenvalue weighted by atomic mass is 9.87. The van der Waals surface area contributed by atoms with Gasteiger partial charge in [0.25, 0.3) is 0 Å². The Morgan fingerprint density at radius 2 is 2.00 bits per heavy atom. The van der Waals surface area contributed by atoms with Crippen molar-refractivity contribution in [1.82, 2.24) is 5.32 Å². The lowest BCUT2D eigenvalue weighted by Crippen LogP contribution is -2.37. The first-order valence-corrected chi connectivity index (χ1v) is 7.27. The zero-order chi connectivity index (χ0) is 13.3. The summed E-state index contributed by atoms with van der Waals surface area (Å²) in [4.78, 5) is 0. The second-order valence-corrected chi connectivity index (χ2v) is 6.29. The maximum absolute atomic E-state index is 5.62. The maximum atomic E-state index is 5.62. The molecule has 1 aromatic carbocycles. The Morgan fingerprint density at radius 3 is 2.74 bits per heavy atom. The molecule has 1 fully saturated rings. The van der Waals surface area contributed by atoms with Gasteiger partial charge in [-0.25, -0.2) is 0 Å². The molecule has 0 saturated heterocycles. The molecule has 3 nitrogen and oxygen atoms in total. The Hall–Kier alpha value is -1.22. The van der Waals surface area contributed by atoms with E-state index < -0.39 is 0 Å². The molecular formula is C16H23NO2. The van der Waals surface area contributed by atoms with Gasteiger partial charge < -0.3 is 14.8 Å². The van der Waals surface area contributed by atoms with Gasteiger partial charge in [0, 0.05) is 12.6 Å². The van der Waals surface area contributed by atoms with E-state index in [1.807, 2.05) is 6.07 Å². The van der Waals surface area contributed by atoms with Crippen molar-refractivity contribution in [2.24, 2.45) is 5.41 Å². The zero-order valence-corrected chi connectivity index (χ0v) is 11.9. The minimum Gasteiger partial charge on any atom is -0.486 e. The van der Waals surface area contributed by atoms with Crippen LogP contribution in [0, 0.1) is 5.41 Å². The Bertz CT molecular complexity index is 456. The van der Waals surface area contributed by atoms with Gasteiger partial charge in [0.15, 0.2) is 11.5 Å². The highest BCUT2D eigenvalue weighted by Gasteiger charge is 2.33. The standard InChI is InChI=1S/C16H23NO2/c1-16(2)7-3-4-15(16)17-11-12-5-6-13-14(10-12)19-9-8-18-13/h5-6,10,15,17H,3-4,7-9,11H2,1-2H3. The summed E-state index contributed by atoms with van der Waals surface area (Å²) < 4.78 is 11.2. The van der Waals surface area contributed by atoms with Crippen LogP contribution in [0.15, 0.2) is 18.2 Å². The predicted octanol–water partition coefficient (Wildman–Crippen LogP) is 3.13. The third-order valence-corrected chi connectivity index (χ3v) is 4.42. The third kappa shape index (κ3) is 2.71. The fraction of sp³-hybridized carbons (Fsp3) is 0.625. The molecule has 19 heavy (non-hydrogen) atoms. The van der Waals surface area contributed by atoms with E-state index >= 15 is 0 Å². The van der Waals surface area contributed by atoms with Crippen LogP contribution >= 0.6 is 0 Å². The molecule has 104 valence electrons. The molecule has 3 heteroatoms. The molecule has 0 radical (unpaired) electrons. The molecule has 0 bridgehead atoms. The van der Waals surface area contributed by atoms with Crippen molar-refractivity contribution in [3.8, 4) is 11.5 Å². The lowest BCUT2D eigenvalue weighted by molar-refractivity contribution is 0.171. The topological polar surface area (TPSA) is 30.5 Å². The molecule has 1 aromatic rings. The first-order valence-electron chi connectivity index (χ1n) is 7.27. The van der Waals surface area contributed by atoms with Gasteiger partial charge in [-0.1, -0.05) is 26.3 Å². The first kappa shape index (κ1) is 12.8. The van der Waals surface area contributed by atoms with Crippen LogP contribution in [0.4, 0.5) is 0 Å². The molecule has 0 amide bonds. The van der Waals surface area contributed by atoms with Crippen molar-refractivity contribution in [2.75, 3.05) is 13.2 Å². The van der Waals surface area contributed by atoms with E-state index in [1.54, 1.807) is 0 Å². The van der Waals surface area contributed by atoms with E-state index in [1.165, 1.54) is 24.8 Å². The highest BCUT2D eigenvalue weighted by molar-refractivity contribution is 5.43. The Balaban J connectivity index is 1.64. The molecular weight excluding hydrogens is 238 g/mol. The van der Waals surface area contributed by atoms with Gasteiger partial charge in [-0.15, -0.1) is 0 Å². The van der Waals surface area contributed by atoms with Gasteiger partial charge in [-0.3, -0.25) is 0 Å². The second kappa shape index (κ2) is 5.04. The molecule has 1 unspecified atom stereocenters. The number of benzene rings is 1. The molecule has 1 saturated carbocycles. The minimum absolute atomic E-state index is 0.424. The predicted molar refractivity (Wildman–Crippen MR) is 75.7 cm³/mol. The van der Waals surface area contributed by atoms with Crippen molar-refractivity contribution in [1.29, 1.82) is 0 Å². The van der Waals surface area contributed by atoms with E-state index in [2.05, 4.69) is 31.3 Å². The molecule has 1 aliphatic heterocycles. The molecule has 1 heterocycles. The van der Waals surface area contributed by atoms with E-state index in [4.69, 9.17) is 9.47 Å². The molecule has 0 aromatic heterocycles. The molecule has 1 N–H and O–H groups in total. The monoisotopic (exact) mass is 261 g/mol. The van der Waals surface area contributed by atoms with Gasteiger partial charge in [0.2, 0.25) is 0 Å². The number of fused-ring (bicyclic) bond motifs is 1. The fourth-order valence-corrected chi connectivity index (χ4v) is 3.14. The normalized spacial score (nSPS) is 24.4. The fourth-order valence-electron chi connectivity index (χ4n) is 3.14. The third-order valence-electron chi connectivity index (χ3n) is 4.42. The van der Waals surface area contributed by atoms with Crippen LogP contribution in [-0.4, -0.2) is 19.3 Å². The zero-order valence-electron chi connectivity index (χ0n) is 11.9. The van der Waals surface area contributed by atoms with Gasteiger partial charge in [0.05, 0.1) is 0 Å². The van der Waals surface area contributed by atoms with Crippen LogP contribution in [0.2, 0.25) is 0 Å². The van der Waals surface area contributed by atoms with Gasteiger partial charge in [-0.2, -0.15) is 0 Å². The SMILES string of the molecule is CC1(C)CCCC1NCc1ccc2c(c1)OCCO2. The molecule has 1 atom stereocenters. The summed E-state index contributed by atoms with van der Waals surface area (Å²) in [5, 5.41) is 3.70. The second-order valence-electron chi connectivity index (χ2n) is 6.29. The molecule has 3 rings (SSSR count). The number of rotatable bonds is 3. The summed E-state index contributed by atoms with van der Waals surface area (Å²) in [5.74, 6) is 1.76. The minimum atomic E-state index is 0.424. The summed E-state index contributed by atoms with van der Waals surface area (Å²) in [6, 6.07) is 6.87. The molecule has 2 aliphatic rings. The Kier molecular flexibility index (Phi) is 3.40. The summed E-state index contributed by atoms with van der Waals surface area (Å²) in [7, 11) is 0. The average molecular weight is 261 g/mol. The number of hydrogen-bond acceptors (Lipinski definition) is 3. The number of nitrogens with one attached hydrogen (secondary N) is 1. The molecule has 0 spiro atoms. The Morgan fingerprint density at radius 1 is 1.21 bits per heavy atom. The smallest absolute Gasteiger partial charge is 0.161 e. The molecule has 1 aliphatic carbocycles. The summed E-state index contributed by atoms with van der Waals surface area (Å²) in [6.45, 7) is 6.94. The number of ether oxygens (including phenoxy) is 2. The highest BCUT2D eigenvalue weighted by atomic mass is 16.6. The van der Waals surface area contributed by atoms with Gasteiger partial charge in [0.1, 0.15) is 13.2 Å². The summed E-state index contributed by atoms with van der Waals surface area (Å²) in [6.07, 6.45) is 3.95. The Labute approximate surface area is 115 Å². The van der Waals surface area contributed by atoms with Gasteiger partial charge >= 0.3 is 0 Å².